The lowest BCUT2D eigenvalue weighted by Gasteiger charge is -2.08. The van der Waals surface area contributed by atoms with Gasteiger partial charge in [-0.15, -0.1) is 12.4 Å². The molecule has 2 aromatic rings. The molecule has 1 aromatic heterocycles. The molecule has 1 aliphatic heterocycles. The molecule has 0 radical (unpaired) electrons. The number of carbonyl (C=O) groups is 1. The second-order valence-electron chi connectivity index (χ2n) is 5.95. The van der Waals surface area contributed by atoms with Crippen LogP contribution in [0.4, 0.5) is 0 Å². The van der Waals surface area contributed by atoms with Crippen LogP contribution in [0.5, 0.6) is 0 Å². The van der Waals surface area contributed by atoms with E-state index < -0.39 is 0 Å². The molecule has 1 unspecified atom stereocenters. The standard InChI is InChI=1S/C17H21ClN4O.ClH/c1-12-16(17(23)20-9-7-13-6-8-19-10-13)11-22(21-12)15-4-2-14(18)3-5-15;/h2-5,11,13,19H,6-10H2,1H3,(H,20,23);1H. The molecule has 1 atom stereocenters. The number of aryl methyl sites for hydroxylation is 1. The van der Waals surface area contributed by atoms with Crippen LogP contribution in [0.3, 0.4) is 0 Å². The highest BCUT2D eigenvalue weighted by atomic mass is 35.5. The summed E-state index contributed by atoms with van der Waals surface area (Å²) in [5, 5.41) is 11.4. The van der Waals surface area contributed by atoms with Crippen molar-refractivity contribution in [2.75, 3.05) is 19.6 Å². The molecule has 1 saturated heterocycles. The van der Waals surface area contributed by atoms with Crippen molar-refractivity contribution >= 4 is 29.9 Å². The molecule has 1 aliphatic rings. The average Bonchev–Trinajstić information content (AvgIpc) is 3.17. The van der Waals surface area contributed by atoms with Crippen LogP contribution >= 0.6 is 24.0 Å². The van der Waals surface area contributed by atoms with E-state index in [-0.39, 0.29) is 18.3 Å². The number of hydrogen-bond acceptors (Lipinski definition) is 3. The number of aromatic nitrogens is 2. The van der Waals surface area contributed by atoms with Crippen molar-refractivity contribution in [1.82, 2.24) is 20.4 Å². The van der Waals surface area contributed by atoms with E-state index in [1.807, 2.05) is 31.2 Å². The van der Waals surface area contributed by atoms with Crippen molar-refractivity contribution in [1.29, 1.82) is 0 Å². The summed E-state index contributed by atoms with van der Waals surface area (Å²) in [4.78, 5) is 12.3. The SMILES string of the molecule is Cc1nn(-c2ccc(Cl)cc2)cc1C(=O)NCCC1CCNC1.Cl. The van der Waals surface area contributed by atoms with Crippen molar-refractivity contribution in [2.45, 2.75) is 19.8 Å². The van der Waals surface area contributed by atoms with Crippen molar-refractivity contribution in [3.8, 4) is 5.69 Å². The fraction of sp³-hybridized carbons (Fsp3) is 0.412. The minimum atomic E-state index is -0.0614. The van der Waals surface area contributed by atoms with Crippen molar-refractivity contribution in [3.05, 3.63) is 46.7 Å². The van der Waals surface area contributed by atoms with Crippen molar-refractivity contribution in [3.63, 3.8) is 0 Å². The Balaban J connectivity index is 0.00000208. The molecule has 24 heavy (non-hydrogen) atoms. The van der Waals surface area contributed by atoms with E-state index in [0.717, 1.165) is 30.9 Å². The second kappa shape index (κ2) is 8.51. The number of rotatable bonds is 5. The first-order valence-corrected chi connectivity index (χ1v) is 8.32. The highest BCUT2D eigenvalue weighted by Crippen LogP contribution is 2.16. The van der Waals surface area contributed by atoms with Gasteiger partial charge in [-0.2, -0.15) is 5.10 Å². The van der Waals surface area contributed by atoms with Crippen molar-refractivity contribution < 1.29 is 4.79 Å². The molecule has 2 N–H and O–H groups in total. The van der Waals surface area contributed by atoms with E-state index in [4.69, 9.17) is 11.6 Å². The number of amides is 1. The topological polar surface area (TPSA) is 59.0 Å². The smallest absolute Gasteiger partial charge is 0.254 e. The average molecular weight is 369 g/mol. The fourth-order valence-electron chi connectivity index (χ4n) is 2.85. The molecule has 0 aliphatic carbocycles. The highest BCUT2D eigenvalue weighted by molar-refractivity contribution is 6.30. The van der Waals surface area contributed by atoms with E-state index in [9.17, 15) is 4.79 Å². The van der Waals surface area contributed by atoms with Crippen LogP contribution in [-0.2, 0) is 0 Å². The van der Waals surface area contributed by atoms with Crippen LogP contribution in [0, 0.1) is 12.8 Å². The van der Waals surface area contributed by atoms with E-state index in [0.29, 0.717) is 23.0 Å². The molecule has 7 heteroatoms. The summed E-state index contributed by atoms with van der Waals surface area (Å²) in [5.74, 6) is 0.613. The third-order valence-electron chi connectivity index (χ3n) is 4.24. The van der Waals surface area contributed by atoms with Crippen LogP contribution in [0.25, 0.3) is 5.69 Å². The lowest BCUT2D eigenvalue weighted by atomic mass is 10.1. The molecule has 1 aromatic carbocycles. The third kappa shape index (κ3) is 4.50. The van der Waals surface area contributed by atoms with E-state index in [1.165, 1.54) is 6.42 Å². The molecule has 3 rings (SSSR count). The molecule has 1 fully saturated rings. The first-order valence-electron chi connectivity index (χ1n) is 7.94. The number of halogens is 2. The Kier molecular flexibility index (Phi) is 6.66. The second-order valence-corrected chi connectivity index (χ2v) is 6.39. The first-order chi connectivity index (χ1) is 11.1. The van der Waals surface area contributed by atoms with Crippen LogP contribution in [0.15, 0.2) is 30.5 Å². The maximum atomic E-state index is 12.3. The van der Waals surface area contributed by atoms with Gasteiger partial charge in [0.1, 0.15) is 0 Å². The Hall–Kier alpha value is -1.56. The lowest BCUT2D eigenvalue weighted by molar-refractivity contribution is 0.0951. The van der Waals surface area contributed by atoms with E-state index in [1.54, 1.807) is 10.9 Å². The normalized spacial score (nSPS) is 16.7. The highest BCUT2D eigenvalue weighted by Gasteiger charge is 2.16. The zero-order valence-corrected chi connectivity index (χ0v) is 15.2. The Morgan fingerprint density at radius 1 is 1.42 bits per heavy atom. The van der Waals surface area contributed by atoms with Crippen LogP contribution in [0.1, 0.15) is 28.9 Å². The summed E-state index contributed by atoms with van der Waals surface area (Å²) in [6, 6.07) is 7.37. The minimum absolute atomic E-state index is 0. The van der Waals surface area contributed by atoms with Gasteiger partial charge in [-0.3, -0.25) is 4.79 Å². The van der Waals surface area contributed by atoms with Gasteiger partial charge in [0, 0.05) is 17.8 Å². The summed E-state index contributed by atoms with van der Waals surface area (Å²) in [5.41, 5.74) is 2.22. The number of carbonyl (C=O) groups excluding carboxylic acids is 1. The Morgan fingerprint density at radius 3 is 2.83 bits per heavy atom. The summed E-state index contributed by atoms with van der Waals surface area (Å²) < 4.78 is 1.71. The molecule has 0 bridgehead atoms. The molecule has 5 nitrogen and oxygen atoms in total. The van der Waals surface area contributed by atoms with Crippen molar-refractivity contribution in [2.24, 2.45) is 5.92 Å². The quantitative estimate of drug-likeness (QED) is 0.852. The van der Waals surface area contributed by atoms with E-state index in [2.05, 4.69) is 15.7 Å². The maximum Gasteiger partial charge on any atom is 0.254 e. The van der Waals surface area contributed by atoms with Gasteiger partial charge in [0.15, 0.2) is 0 Å². The van der Waals surface area contributed by atoms with Gasteiger partial charge in [-0.1, -0.05) is 11.6 Å². The van der Waals surface area contributed by atoms with Crippen LogP contribution in [0.2, 0.25) is 5.02 Å². The monoisotopic (exact) mass is 368 g/mol. The maximum absolute atomic E-state index is 12.3. The molecule has 1 amide bonds. The molecular weight excluding hydrogens is 347 g/mol. The zero-order valence-electron chi connectivity index (χ0n) is 13.6. The summed E-state index contributed by atoms with van der Waals surface area (Å²) >= 11 is 5.90. The van der Waals surface area contributed by atoms with Gasteiger partial charge in [0.25, 0.3) is 5.91 Å². The van der Waals surface area contributed by atoms with Gasteiger partial charge in [-0.25, -0.2) is 4.68 Å². The van der Waals surface area contributed by atoms with Gasteiger partial charge in [0.05, 0.1) is 16.9 Å². The first kappa shape index (κ1) is 18.8. The predicted octanol–water partition coefficient (Wildman–Crippen LogP) is 2.99. The molecule has 0 spiro atoms. The van der Waals surface area contributed by atoms with Gasteiger partial charge in [-0.05, 0) is 63.0 Å². The Bertz CT molecular complexity index is 678. The number of benzene rings is 1. The largest absolute Gasteiger partial charge is 0.352 e. The van der Waals surface area contributed by atoms with Crippen LogP contribution < -0.4 is 10.6 Å². The Labute approximate surface area is 153 Å². The number of nitrogens with one attached hydrogen (secondary N) is 2. The molecule has 0 saturated carbocycles. The van der Waals surface area contributed by atoms with E-state index >= 15 is 0 Å². The lowest BCUT2D eigenvalue weighted by Crippen LogP contribution is -2.26. The van der Waals surface area contributed by atoms with Gasteiger partial charge >= 0.3 is 0 Å². The minimum Gasteiger partial charge on any atom is -0.352 e. The summed E-state index contributed by atoms with van der Waals surface area (Å²) in [6.07, 6.45) is 3.98. The zero-order chi connectivity index (χ0) is 16.2. The molecule has 130 valence electrons. The third-order valence-corrected chi connectivity index (χ3v) is 4.49. The molecule has 2 heterocycles. The number of nitrogens with zero attached hydrogens (tertiary/aromatic N) is 2. The number of hydrogen-bond donors (Lipinski definition) is 2. The predicted molar refractivity (Wildman–Crippen MR) is 98.5 cm³/mol. The summed E-state index contributed by atoms with van der Waals surface area (Å²) in [7, 11) is 0. The molecular formula is C17H22Cl2N4O. The van der Waals surface area contributed by atoms with Gasteiger partial charge < -0.3 is 10.6 Å². The Morgan fingerprint density at radius 2 is 2.17 bits per heavy atom. The van der Waals surface area contributed by atoms with Gasteiger partial charge in [0.2, 0.25) is 0 Å². The van der Waals surface area contributed by atoms with Crippen LogP contribution in [-0.4, -0.2) is 35.3 Å². The summed E-state index contributed by atoms with van der Waals surface area (Å²) in [6.45, 7) is 4.70. The fourth-order valence-corrected chi connectivity index (χ4v) is 2.98.